The number of nitrogens with zero attached hydrogens (tertiary/aromatic N) is 1. The van der Waals surface area contributed by atoms with Crippen molar-refractivity contribution in [3.8, 4) is 11.6 Å². The number of aryl methyl sites for hydroxylation is 2. The zero-order valence-corrected chi connectivity index (χ0v) is 22.3. The van der Waals surface area contributed by atoms with E-state index in [1.807, 2.05) is 0 Å². The monoisotopic (exact) mass is 547 g/mol. The van der Waals surface area contributed by atoms with Gasteiger partial charge in [-0.25, -0.2) is 22.5 Å². The third-order valence-corrected chi connectivity index (χ3v) is 7.14. The summed E-state index contributed by atoms with van der Waals surface area (Å²) in [6.07, 6.45) is 1.56. The normalized spacial score (nSPS) is 11.9. The van der Waals surface area contributed by atoms with Crippen LogP contribution in [0.2, 0.25) is 0 Å². The van der Waals surface area contributed by atoms with Crippen molar-refractivity contribution in [3.63, 3.8) is 0 Å². The van der Waals surface area contributed by atoms with E-state index in [0.717, 1.165) is 11.1 Å². The molecule has 39 heavy (non-hydrogen) atoms. The predicted octanol–water partition coefficient (Wildman–Crippen LogP) is 5.24. The summed E-state index contributed by atoms with van der Waals surface area (Å²) < 4.78 is 46.2. The van der Waals surface area contributed by atoms with E-state index >= 15 is 0 Å². The number of pyridine rings is 1. The van der Waals surface area contributed by atoms with Gasteiger partial charge in [-0.3, -0.25) is 9.59 Å². The SMILES string of the molecule is Cc1cccc(S(=O)(=O)NC(=O)c2ccc([C@@H](C)NC(=O)c3cc(C)cnc3Oc3ccc(F)cc3)cc2)c1. The first kappa shape index (κ1) is 27.5. The van der Waals surface area contributed by atoms with Crippen LogP contribution in [0.4, 0.5) is 4.39 Å². The highest BCUT2D eigenvalue weighted by atomic mass is 32.2. The molecule has 0 spiro atoms. The van der Waals surface area contributed by atoms with E-state index in [0.29, 0.717) is 11.3 Å². The fourth-order valence-corrected chi connectivity index (χ4v) is 4.80. The zero-order chi connectivity index (χ0) is 28.2. The van der Waals surface area contributed by atoms with E-state index < -0.39 is 33.7 Å². The molecule has 0 saturated carbocycles. The second-order valence-electron chi connectivity index (χ2n) is 8.99. The Hall–Kier alpha value is -4.57. The molecule has 4 rings (SSSR count). The van der Waals surface area contributed by atoms with Gasteiger partial charge in [-0.1, -0.05) is 24.3 Å². The number of amides is 2. The summed E-state index contributed by atoms with van der Waals surface area (Å²) >= 11 is 0. The lowest BCUT2D eigenvalue weighted by Gasteiger charge is -2.17. The molecule has 0 aliphatic carbocycles. The van der Waals surface area contributed by atoms with Crippen molar-refractivity contribution in [3.05, 3.63) is 119 Å². The summed E-state index contributed by atoms with van der Waals surface area (Å²) in [7, 11) is -4.03. The van der Waals surface area contributed by atoms with Gasteiger partial charge in [0, 0.05) is 11.8 Å². The predicted molar refractivity (Wildman–Crippen MR) is 144 cm³/mol. The van der Waals surface area contributed by atoms with Gasteiger partial charge in [0.15, 0.2) is 0 Å². The van der Waals surface area contributed by atoms with E-state index in [1.165, 1.54) is 48.5 Å². The highest BCUT2D eigenvalue weighted by Gasteiger charge is 2.21. The second-order valence-corrected chi connectivity index (χ2v) is 10.7. The number of halogens is 1. The first-order valence-corrected chi connectivity index (χ1v) is 13.4. The van der Waals surface area contributed by atoms with E-state index in [-0.39, 0.29) is 21.9 Å². The van der Waals surface area contributed by atoms with Gasteiger partial charge in [-0.2, -0.15) is 0 Å². The lowest BCUT2D eigenvalue weighted by Crippen LogP contribution is -2.30. The maximum absolute atomic E-state index is 13.2. The Morgan fingerprint density at radius 1 is 0.897 bits per heavy atom. The molecule has 0 bridgehead atoms. The minimum atomic E-state index is -4.03. The van der Waals surface area contributed by atoms with Gasteiger partial charge in [-0.05, 0) is 92.1 Å². The van der Waals surface area contributed by atoms with Crippen LogP contribution in [-0.4, -0.2) is 25.2 Å². The van der Waals surface area contributed by atoms with Crippen LogP contribution >= 0.6 is 0 Å². The highest BCUT2D eigenvalue weighted by molar-refractivity contribution is 7.90. The third-order valence-electron chi connectivity index (χ3n) is 5.81. The summed E-state index contributed by atoms with van der Waals surface area (Å²) in [5.74, 6) is -1.23. The maximum Gasteiger partial charge on any atom is 0.264 e. The number of ether oxygens (including phenoxy) is 1. The molecule has 1 aromatic heterocycles. The van der Waals surface area contributed by atoms with Gasteiger partial charge in [0.05, 0.1) is 10.9 Å². The van der Waals surface area contributed by atoms with Crippen LogP contribution in [-0.2, 0) is 10.0 Å². The number of hydrogen-bond donors (Lipinski definition) is 2. The summed E-state index contributed by atoms with van der Waals surface area (Å²) in [6, 6.07) is 19.0. The van der Waals surface area contributed by atoms with Crippen molar-refractivity contribution >= 4 is 21.8 Å². The van der Waals surface area contributed by atoms with Crippen LogP contribution < -0.4 is 14.8 Å². The molecule has 0 saturated heterocycles. The van der Waals surface area contributed by atoms with Crippen molar-refractivity contribution in [1.82, 2.24) is 15.0 Å². The largest absolute Gasteiger partial charge is 0.438 e. The molecule has 1 atom stereocenters. The molecule has 0 unspecified atom stereocenters. The topological polar surface area (TPSA) is 114 Å². The Morgan fingerprint density at radius 3 is 2.26 bits per heavy atom. The second kappa shape index (κ2) is 11.4. The number of nitrogens with one attached hydrogen (secondary N) is 2. The first-order chi connectivity index (χ1) is 18.5. The summed E-state index contributed by atoms with van der Waals surface area (Å²) in [5, 5.41) is 2.87. The minimum absolute atomic E-state index is 0.00257. The quantitative estimate of drug-likeness (QED) is 0.312. The van der Waals surface area contributed by atoms with Gasteiger partial charge in [0.1, 0.15) is 17.1 Å². The first-order valence-electron chi connectivity index (χ1n) is 12.0. The van der Waals surface area contributed by atoms with E-state index in [2.05, 4.69) is 15.0 Å². The Morgan fingerprint density at radius 2 is 1.59 bits per heavy atom. The van der Waals surface area contributed by atoms with Crippen molar-refractivity contribution < 1.29 is 27.1 Å². The van der Waals surface area contributed by atoms with Crippen molar-refractivity contribution in [2.45, 2.75) is 31.7 Å². The number of benzene rings is 3. The van der Waals surface area contributed by atoms with Crippen LogP contribution in [0.1, 0.15) is 50.4 Å². The molecule has 0 aliphatic heterocycles. The van der Waals surface area contributed by atoms with Crippen molar-refractivity contribution in [2.24, 2.45) is 0 Å². The van der Waals surface area contributed by atoms with Gasteiger partial charge in [0.2, 0.25) is 5.88 Å². The summed E-state index contributed by atoms with van der Waals surface area (Å²) in [5.41, 5.74) is 2.52. The van der Waals surface area contributed by atoms with Crippen molar-refractivity contribution in [1.29, 1.82) is 0 Å². The van der Waals surface area contributed by atoms with E-state index in [9.17, 15) is 22.4 Å². The molecule has 200 valence electrons. The minimum Gasteiger partial charge on any atom is -0.438 e. The number of carbonyl (C=O) groups is 2. The van der Waals surface area contributed by atoms with Crippen LogP contribution in [0.3, 0.4) is 0 Å². The smallest absolute Gasteiger partial charge is 0.264 e. The number of sulfonamides is 1. The van der Waals surface area contributed by atoms with Crippen LogP contribution in [0, 0.1) is 19.7 Å². The van der Waals surface area contributed by atoms with Crippen LogP contribution in [0.15, 0.2) is 90.0 Å². The molecule has 2 N–H and O–H groups in total. The fraction of sp³-hybridized carbons (Fsp3) is 0.138. The van der Waals surface area contributed by atoms with E-state index in [1.54, 1.807) is 57.3 Å². The van der Waals surface area contributed by atoms with Gasteiger partial charge >= 0.3 is 0 Å². The molecular formula is C29H26FN3O5S. The Balaban J connectivity index is 1.45. The molecule has 8 nitrogen and oxygen atoms in total. The third kappa shape index (κ3) is 6.85. The number of rotatable bonds is 8. The molecular weight excluding hydrogens is 521 g/mol. The Labute approximate surface area is 225 Å². The van der Waals surface area contributed by atoms with Crippen LogP contribution in [0.5, 0.6) is 11.6 Å². The number of carbonyl (C=O) groups excluding carboxylic acids is 2. The highest BCUT2D eigenvalue weighted by Crippen LogP contribution is 2.25. The average molecular weight is 548 g/mol. The number of hydrogen-bond acceptors (Lipinski definition) is 6. The Bertz CT molecular complexity index is 1620. The maximum atomic E-state index is 13.2. The van der Waals surface area contributed by atoms with Gasteiger partial charge < -0.3 is 10.1 Å². The lowest BCUT2D eigenvalue weighted by molar-refractivity contribution is 0.0934. The molecule has 0 fully saturated rings. The molecule has 0 radical (unpaired) electrons. The molecule has 4 aromatic rings. The molecule has 3 aromatic carbocycles. The van der Waals surface area contributed by atoms with Gasteiger partial charge in [-0.15, -0.1) is 0 Å². The zero-order valence-electron chi connectivity index (χ0n) is 21.4. The molecule has 0 aliphatic rings. The van der Waals surface area contributed by atoms with Gasteiger partial charge in [0.25, 0.3) is 21.8 Å². The summed E-state index contributed by atoms with van der Waals surface area (Å²) in [4.78, 5) is 29.9. The van der Waals surface area contributed by atoms with Crippen molar-refractivity contribution in [2.75, 3.05) is 0 Å². The van der Waals surface area contributed by atoms with E-state index in [4.69, 9.17) is 4.74 Å². The Kier molecular flexibility index (Phi) is 8.06. The molecule has 10 heteroatoms. The van der Waals surface area contributed by atoms with Crippen LogP contribution in [0.25, 0.3) is 0 Å². The molecule has 1 heterocycles. The number of aromatic nitrogens is 1. The lowest BCUT2D eigenvalue weighted by atomic mass is 10.1. The molecule has 2 amide bonds. The fourth-order valence-electron chi connectivity index (χ4n) is 3.72. The average Bonchev–Trinajstić information content (AvgIpc) is 2.90. The standard InChI is InChI=1S/C29H26FN3O5S/c1-18-5-4-6-25(15-18)39(36,37)33-27(34)22-9-7-21(8-10-22)20(3)32-28(35)26-16-19(2)17-31-29(26)38-24-13-11-23(30)12-14-24/h4-17,20H,1-3H3,(H,32,35)(H,33,34)/t20-/m1/s1. The summed E-state index contributed by atoms with van der Waals surface area (Å²) in [6.45, 7) is 5.31.